The first kappa shape index (κ1) is 14.0. The highest BCUT2D eigenvalue weighted by Gasteiger charge is 2.23. The molecule has 0 radical (unpaired) electrons. The molecule has 0 aromatic carbocycles. The van der Waals surface area contributed by atoms with Crippen LogP contribution in [0.15, 0.2) is 6.20 Å². The van der Waals surface area contributed by atoms with Crippen molar-refractivity contribution in [2.24, 2.45) is 11.8 Å². The second-order valence-corrected chi connectivity index (χ2v) is 5.20. The Balaban J connectivity index is 2.01. The summed E-state index contributed by atoms with van der Waals surface area (Å²) in [6.45, 7) is 2.71. The van der Waals surface area contributed by atoms with Crippen molar-refractivity contribution < 1.29 is 4.39 Å². The Bertz CT molecular complexity index is 417. The summed E-state index contributed by atoms with van der Waals surface area (Å²) in [6.07, 6.45) is 3.25. The Morgan fingerprint density at radius 1 is 1.47 bits per heavy atom. The highest BCUT2D eigenvalue weighted by molar-refractivity contribution is 5.43. The Kier molecular flexibility index (Phi) is 4.49. The molecule has 1 fully saturated rings. The van der Waals surface area contributed by atoms with Crippen molar-refractivity contribution in [3.8, 4) is 0 Å². The number of hydrazine groups is 1. The van der Waals surface area contributed by atoms with Crippen molar-refractivity contribution >= 4 is 11.8 Å². The highest BCUT2D eigenvalue weighted by Crippen LogP contribution is 2.24. The monoisotopic (exact) mass is 268 g/mol. The number of nitrogens with two attached hydrogens (primary N) is 1. The van der Waals surface area contributed by atoms with Gasteiger partial charge < -0.3 is 9.80 Å². The predicted molar refractivity (Wildman–Crippen MR) is 73.3 cm³/mol. The van der Waals surface area contributed by atoms with E-state index in [0.717, 1.165) is 38.7 Å². The molecule has 0 amide bonds. The molecule has 0 bridgehead atoms. The summed E-state index contributed by atoms with van der Waals surface area (Å²) in [4.78, 5) is 12.0. The van der Waals surface area contributed by atoms with Crippen LogP contribution in [-0.4, -0.2) is 48.6 Å². The molecule has 19 heavy (non-hydrogen) atoms. The van der Waals surface area contributed by atoms with Crippen LogP contribution in [0.2, 0.25) is 0 Å². The number of halogens is 1. The zero-order chi connectivity index (χ0) is 13.8. The largest absolute Gasteiger partial charge is 0.354 e. The molecule has 2 heterocycles. The summed E-state index contributed by atoms with van der Waals surface area (Å²) in [5, 5.41) is 0. The van der Waals surface area contributed by atoms with Gasteiger partial charge in [0.1, 0.15) is 0 Å². The molecule has 1 aromatic rings. The molecule has 1 aliphatic rings. The zero-order valence-corrected chi connectivity index (χ0v) is 11.4. The van der Waals surface area contributed by atoms with E-state index in [1.165, 1.54) is 0 Å². The molecule has 1 saturated heterocycles. The minimum atomic E-state index is -0.398. The van der Waals surface area contributed by atoms with E-state index in [4.69, 9.17) is 5.84 Å². The maximum atomic E-state index is 13.8. The van der Waals surface area contributed by atoms with Crippen LogP contribution in [0.4, 0.5) is 16.2 Å². The van der Waals surface area contributed by atoms with Gasteiger partial charge in [0.05, 0.1) is 6.20 Å². The normalized spacial score (nSPS) is 17.0. The van der Waals surface area contributed by atoms with Gasteiger partial charge in [0.15, 0.2) is 11.6 Å². The van der Waals surface area contributed by atoms with Crippen LogP contribution in [0, 0.1) is 11.7 Å². The molecular formula is C12H21FN6. The third-order valence-electron chi connectivity index (χ3n) is 3.39. The van der Waals surface area contributed by atoms with Gasteiger partial charge in [-0.1, -0.05) is 0 Å². The lowest BCUT2D eigenvalue weighted by atomic mass is 9.96. The van der Waals surface area contributed by atoms with Crippen molar-refractivity contribution in [2.75, 3.05) is 44.1 Å². The third kappa shape index (κ3) is 3.51. The van der Waals surface area contributed by atoms with Crippen molar-refractivity contribution in [1.82, 2.24) is 14.9 Å². The van der Waals surface area contributed by atoms with Crippen LogP contribution in [0.5, 0.6) is 0 Å². The van der Waals surface area contributed by atoms with Gasteiger partial charge in [-0.2, -0.15) is 4.98 Å². The minimum Gasteiger partial charge on any atom is -0.354 e. The minimum absolute atomic E-state index is 0.242. The molecule has 0 spiro atoms. The number of hydrogen-bond donors (Lipinski definition) is 2. The summed E-state index contributed by atoms with van der Waals surface area (Å²) in [5.74, 6) is 6.11. The van der Waals surface area contributed by atoms with Crippen LogP contribution in [0.25, 0.3) is 0 Å². The van der Waals surface area contributed by atoms with E-state index in [-0.39, 0.29) is 5.95 Å². The van der Waals surface area contributed by atoms with E-state index in [2.05, 4.69) is 34.4 Å². The standard InChI is InChI=1S/C12H21FN6/c1-18(2)8-9-3-5-19(6-4-9)11-10(13)7-15-12(16-11)17-14/h7,9H,3-6,8,14H2,1-2H3,(H,15,16,17). The first-order valence-electron chi connectivity index (χ1n) is 6.49. The number of piperidine rings is 1. The van der Waals surface area contributed by atoms with Crippen molar-refractivity contribution in [3.63, 3.8) is 0 Å². The van der Waals surface area contributed by atoms with E-state index >= 15 is 0 Å². The van der Waals surface area contributed by atoms with Crippen molar-refractivity contribution in [3.05, 3.63) is 12.0 Å². The highest BCUT2D eigenvalue weighted by atomic mass is 19.1. The molecule has 0 unspecified atom stereocenters. The molecule has 1 aliphatic heterocycles. The number of nitrogen functional groups attached to an aromatic ring is 1. The maximum Gasteiger partial charge on any atom is 0.239 e. The van der Waals surface area contributed by atoms with Crippen LogP contribution < -0.4 is 16.2 Å². The molecule has 0 saturated carbocycles. The van der Waals surface area contributed by atoms with Crippen molar-refractivity contribution in [1.29, 1.82) is 0 Å². The van der Waals surface area contributed by atoms with Gasteiger partial charge in [-0.05, 0) is 32.9 Å². The Morgan fingerprint density at radius 3 is 2.74 bits per heavy atom. The number of nitrogens with one attached hydrogen (secondary N) is 1. The third-order valence-corrected chi connectivity index (χ3v) is 3.39. The molecule has 2 rings (SSSR count). The quantitative estimate of drug-likeness (QED) is 0.618. The summed E-state index contributed by atoms with van der Waals surface area (Å²) in [5.41, 5.74) is 2.35. The Morgan fingerprint density at radius 2 is 2.16 bits per heavy atom. The van der Waals surface area contributed by atoms with Gasteiger partial charge in [-0.25, -0.2) is 15.2 Å². The van der Waals surface area contributed by atoms with Gasteiger partial charge >= 0.3 is 0 Å². The first-order valence-corrected chi connectivity index (χ1v) is 6.49. The first-order chi connectivity index (χ1) is 9.10. The molecule has 1 aromatic heterocycles. The molecule has 3 N–H and O–H groups in total. The molecule has 6 nitrogen and oxygen atoms in total. The summed E-state index contributed by atoms with van der Waals surface area (Å²) in [6, 6.07) is 0. The molecule has 7 heteroatoms. The van der Waals surface area contributed by atoms with E-state index in [1.54, 1.807) is 0 Å². The van der Waals surface area contributed by atoms with Gasteiger partial charge in [0.25, 0.3) is 0 Å². The molecule has 0 aliphatic carbocycles. The zero-order valence-electron chi connectivity index (χ0n) is 11.4. The summed E-state index contributed by atoms with van der Waals surface area (Å²) >= 11 is 0. The number of anilines is 2. The fourth-order valence-electron chi connectivity index (χ4n) is 2.49. The maximum absolute atomic E-state index is 13.8. The Labute approximate surface area is 112 Å². The summed E-state index contributed by atoms with van der Waals surface area (Å²) < 4.78 is 13.8. The van der Waals surface area contributed by atoms with Crippen LogP contribution >= 0.6 is 0 Å². The lowest BCUT2D eigenvalue weighted by molar-refractivity contribution is 0.284. The average Bonchev–Trinajstić information content (AvgIpc) is 2.40. The van der Waals surface area contributed by atoms with E-state index in [1.807, 2.05) is 4.90 Å². The second-order valence-electron chi connectivity index (χ2n) is 5.20. The SMILES string of the molecule is CN(C)CC1CCN(c2nc(NN)ncc2F)CC1. The lowest BCUT2D eigenvalue weighted by Crippen LogP contribution is -2.38. The van der Waals surface area contributed by atoms with Gasteiger partial charge in [0, 0.05) is 19.6 Å². The van der Waals surface area contributed by atoms with E-state index in [9.17, 15) is 4.39 Å². The molecule has 0 atom stereocenters. The van der Waals surface area contributed by atoms with Crippen molar-refractivity contribution in [2.45, 2.75) is 12.8 Å². The fraction of sp³-hybridized carbons (Fsp3) is 0.667. The topological polar surface area (TPSA) is 70.3 Å². The van der Waals surface area contributed by atoms with Crippen LogP contribution in [0.3, 0.4) is 0 Å². The number of nitrogens with zero attached hydrogens (tertiary/aromatic N) is 4. The average molecular weight is 268 g/mol. The number of aromatic nitrogens is 2. The smallest absolute Gasteiger partial charge is 0.239 e. The van der Waals surface area contributed by atoms with Gasteiger partial charge in [-0.3, -0.25) is 5.43 Å². The van der Waals surface area contributed by atoms with E-state index < -0.39 is 5.82 Å². The predicted octanol–water partition coefficient (Wildman–Crippen LogP) is 0.679. The Hall–Kier alpha value is -1.47. The van der Waals surface area contributed by atoms with Gasteiger partial charge in [0.2, 0.25) is 5.95 Å². The van der Waals surface area contributed by atoms with E-state index in [0.29, 0.717) is 11.7 Å². The lowest BCUT2D eigenvalue weighted by Gasteiger charge is -2.34. The number of rotatable bonds is 4. The fourth-order valence-corrected chi connectivity index (χ4v) is 2.49. The van der Waals surface area contributed by atoms with Gasteiger partial charge in [-0.15, -0.1) is 0 Å². The van der Waals surface area contributed by atoms with Crippen LogP contribution in [0.1, 0.15) is 12.8 Å². The number of hydrogen-bond acceptors (Lipinski definition) is 6. The second kappa shape index (κ2) is 6.12. The summed E-state index contributed by atoms with van der Waals surface area (Å²) in [7, 11) is 4.16. The molecular weight excluding hydrogens is 247 g/mol. The molecule has 106 valence electrons. The van der Waals surface area contributed by atoms with Crippen LogP contribution in [-0.2, 0) is 0 Å².